The first-order chi connectivity index (χ1) is 5.31. The molecule has 1 radical (unpaired) electrons. The van der Waals surface area contributed by atoms with Crippen LogP contribution in [0.25, 0.3) is 0 Å². The third-order valence-electron chi connectivity index (χ3n) is 1.33. The van der Waals surface area contributed by atoms with Crippen molar-refractivity contribution < 1.29 is 9.47 Å². The van der Waals surface area contributed by atoms with E-state index in [4.69, 9.17) is 9.47 Å². The Kier molecular flexibility index (Phi) is 7.96. The topological polar surface area (TPSA) is 18.5 Å². The predicted octanol–water partition coefficient (Wildman–Crippen LogP) is 2.04. The second-order valence-electron chi connectivity index (χ2n) is 2.48. The highest BCUT2D eigenvalue weighted by molar-refractivity contribution is 4.58. The van der Waals surface area contributed by atoms with E-state index in [2.05, 4.69) is 13.8 Å². The van der Waals surface area contributed by atoms with E-state index in [-0.39, 0.29) is 6.10 Å². The molecule has 0 N–H and O–H groups in total. The summed E-state index contributed by atoms with van der Waals surface area (Å²) in [6, 6.07) is 0. The van der Waals surface area contributed by atoms with Gasteiger partial charge in [-0.2, -0.15) is 0 Å². The maximum Gasteiger partial charge on any atom is 0.0597 e. The lowest BCUT2D eigenvalue weighted by molar-refractivity contribution is 0.0517. The van der Waals surface area contributed by atoms with Crippen LogP contribution in [0.4, 0.5) is 0 Å². The SMILES string of the molecule is [CH2]C(CCOCCC)OCC. The van der Waals surface area contributed by atoms with Gasteiger partial charge in [-0.15, -0.1) is 0 Å². The molecule has 1 atom stereocenters. The molecule has 0 aliphatic carbocycles. The van der Waals surface area contributed by atoms with E-state index in [1.165, 1.54) is 0 Å². The second kappa shape index (κ2) is 8.02. The summed E-state index contributed by atoms with van der Waals surface area (Å²) in [5.74, 6) is 0. The maximum atomic E-state index is 5.28. The molecule has 0 aliphatic rings. The average Bonchev–Trinajstić information content (AvgIpc) is 1.99. The Bertz CT molecular complexity index is 74.0. The third-order valence-corrected chi connectivity index (χ3v) is 1.33. The molecule has 0 heterocycles. The molecule has 0 aromatic heterocycles. The molecule has 1 unspecified atom stereocenters. The summed E-state index contributed by atoms with van der Waals surface area (Å²) in [5.41, 5.74) is 0. The van der Waals surface area contributed by atoms with Crippen LogP contribution in [0.3, 0.4) is 0 Å². The van der Waals surface area contributed by atoms with Crippen LogP contribution >= 0.6 is 0 Å². The highest BCUT2D eigenvalue weighted by Gasteiger charge is 1.99. The van der Waals surface area contributed by atoms with Crippen LogP contribution in [-0.4, -0.2) is 25.9 Å². The first-order valence-corrected chi connectivity index (χ1v) is 4.33. The summed E-state index contributed by atoms with van der Waals surface area (Å²) in [6.07, 6.45) is 2.07. The maximum absolute atomic E-state index is 5.28. The number of hydrogen-bond acceptors (Lipinski definition) is 2. The Morgan fingerprint density at radius 3 is 2.55 bits per heavy atom. The number of hydrogen-bond donors (Lipinski definition) is 0. The van der Waals surface area contributed by atoms with E-state index < -0.39 is 0 Å². The molecule has 0 fully saturated rings. The minimum absolute atomic E-state index is 0.0943. The normalized spacial score (nSPS) is 13.4. The Hall–Kier alpha value is -0.0800. The monoisotopic (exact) mass is 159 g/mol. The fraction of sp³-hybridized carbons (Fsp3) is 0.889. The Balaban J connectivity index is 2.97. The van der Waals surface area contributed by atoms with Gasteiger partial charge in [-0.05, 0) is 26.7 Å². The van der Waals surface area contributed by atoms with Gasteiger partial charge in [-0.3, -0.25) is 0 Å². The molecule has 0 saturated carbocycles. The summed E-state index contributed by atoms with van der Waals surface area (Å²) >= 11 is 0. The molecule has 0 spiro atoms. The summed E-state index contributed by atoms with van der Waals surface area (Å²) in [5, 5.41) is 0. The van der Waals surface area contributed by atoms with Gasteiger partial charge in [0.25, 0.3) is 0 Å². The predicted molar refractivity (Wildman–Crippen MR) is 46.5 cm³/mol. The van der Waals surface area contributed by atoms with Crippen LogP contribution in [0.5, 0.6) is 0 Å². The van der Waals surface area contributed by atoms with E-state index in [9.17, 15) is 0 Å². The number of ether oxygens (including phenoxy) is 2. The van der Waals surface area contributed by atoms with Gasteiger partial charge >= 0.3 is 0 Å². The summed E-state index contributed by atoms with van der Waals surface area (Å²) in [4.78, 5) is 0. The van der Waals surface area contributed by atoms with Gasteiger partial charge in [-0.25, -0.2) is 0 Å². The largest absolute Gasteiger partial charge is 0.381 e. The molecule has 2 nitrogen and oxygen atoms in total. The lowest BCUT2D eigenvalue weighted by Gasteiger charge is -2.10. The van der Waals surface area contributed by atoms with E-state index in [1.54, 1.807) is 0 Å². The Morgan fingerprint density at radius 2 is 2.00 bits per heavy atom. The van der Waals surface area contributed by atoms with Gasteiger partial charge < -0.3 is 9.47 Å². The summed E-state index contributed by atoms with van der Waals surface area (Å²) in [6.45, 7) is 10.3. The highest BCUT2D eigenvalue weighted by Crippen LogP contribution is 1.96. The van der Waals surface area contributed by atoms with E-state index in [1.807, 2.05) is 6.92 Å². The van der Waals surface area contributed by atoms with Crippen LogP contribution in [0, 0.1) is 6.92 Å². The smallest absolute Gasteiger partial charge is 0.0597 e. The first kappa shape index (κ1) is 10.9. The molecular formula is C9H19O2. The van der Waals surface area contributed by atoms with E-state index >= 15 is 0 Å². The van der Waals surface area contributed by atoms with Crippen molar-refractivity contribution in [2.75, 3.05) is 19.8 Å². The lowest BCUT2D eigenvalue weighted by Crippen LogP contribution is -2.11. The van der Waals surface area contributed by atoms with Crippen molar-refractivity contribution >= 4 is 0 Å². The van der Waals surface area contributed by atoms with Gasteiger partial charge in [0.05, 0.1) is 6.10 Å². The fourth-order valence-corrected chi connectivity index (χ4v) is 0.780. The van der Waals surface area contributed by atoms with Crippen molar-refractivity contribution in [2.24, 2.45) is 0 Å². The molecule has 0 amide bonds. The Labute approximate surface area is 69.9 Å². The fourth-order valence-electron chi connectivity index (χ4n) is 0.780. The minimum atomic E-state index is 0.0943. The zero-order valence-electron chi connectivity index (χ0n) is 7.64. The van der Waals surface area contributed by atoms with Gasteiger partial charge in [0, 0.05) is 19.8 Å². The average molecular weight is 159 g/mol. The molecule has 2 heteroatoms. The quantitative estimate of drug-likeness (QED) is 0.529. The lowest BCUT2D eigenvalue weighted by atomic mass is 10.3. The second-order valence-corrected chi connectivity index (χ2v) is 2.48. The molecule has 11 heavy (non-hydrogen) atoms. The van der Waals surface area contributed by atoms with Crippen LogP contribution in [0.2, 0.25) is 0 Å². The molecule has 0 bridgehead atoms. The molecule has 0 saturated heterocycles. The van der Waals surface area contributed by atoms with Crippen LogP contribution < -0.4 is 0 Å². The standard InChI is InChI=1S/C9H19O2/c1-4-7-10-8-6-9(3)11-5-2/h9H,3-8H2,1-2H3. The molecule has 0 aliphatic heterocycles. The van der Waals surface area contributed by atoms with E-state index in [0.717, 1.165) is 32.7 Å². The van der Waals surface area contributed by atoms with Gasteiger partial charge in [0.2, 0.25) is 0 Å². The van der Waals surface area contributed by atoms with Gasteiger partial charge in [0.1, 0.15) is 0 Å². The van der Waals surface area contributed by atoms with Crippen molar-refractivity contribution in [1.29, 1.82) is 0 Å². The summed E-state index contributed by atoms with van der Waals surface area (Å²) < 4.78 is 10.5. The van der Waals surface area contributed by atoms with E-state index in [0.29, 0.717) is 0 Å². The van der Waals surface area contributed by atoms with Gasteiger partial charge in [-0.1, -0.05) is 6.92 Å². The Morgan fingerprint density at radius 1 is 1.27 bits per heavy atom. The van der Waals surface area contributed by atoms with Crippen molar-refractivity contribution in [3.63, 3.8) is 0 Å². The van der Waals surface area contributed by atoms with Crippen molar-refractivity contribution in [3.8, 4) is 0 Å². The highest BCUT2D eigenvalue weighted by atomic mass is 16.5. The van der Waals surface area contributed by atoms with Crippen LogP contribution in [-0.2, 0) is 9.47 Å². The zero-order valence-corrected chi connectivity index (χ0v) is 7.64. The first-order valence-electron chi connectivity index (χ1n) is 4.33. The molecule has 0 aromatic carbocycles. The van der Waals surface area contributed by atoms with Crippen molar-refractivity contribution in [3.05, 3.63) is 6.92 Å². The third kappa shape index (κ3) is 7.82. The summed E-state index contributed by atoms with van der Waals surface area (Å²) in [7, 11) is 0. The van der Waals surface area contributed by atoms with Crippen LogP contribution in [0.1, 0.15) is 26.7 Å². The molecular weight excluding hydrogens is 140 g/mol. The number of rotatable bonds is 7. The van der Waals surface area contributed by atoms with Gasteiger partial charge in [0.15, 0.2) is 0 Å². The molecule has 0 aromatic rings. The van der Waals surface area contributed by atoms with Crippen LogP contribution in [0.15, 0.2) is 0 Å². The minimum Gasteiger partial charge on any atom is -0.381 e. The van der Waals surface area contributed by atoms with Crippen molar-refractivity contribution in [2.45, 2.75) is 32.8 Å². The molecule has 0 rings (SSSR count). The molecule has 67 valence electrons. The zero-order chi connectivity index (χ0) is 8.53. The van der Waals surface area contributed by atoms with Crippen molar-refractivity contribution in [1.82, 2.24) is 0 Å².